The number of aromatic nitrogens is 3. The molecular formula is C20H22N4O2. The van der Waals surface area contributed by atoms with Crippen molar-refractivity contribution < 1.29 is 9.15 Å². The number of likely N-dealkylation sites (tertiary alicyclic amines) is 1. The molecule has 1 saturated heterocycles. The number of benzene rings is 1. The second-order valence-corrected chi connectivity index (χ2v) is 6.58. The van der Waals surface area contributed by atoms with Gasteiger partial charge in [-0.05, 0) is 49.2 Å². The molecule has 0 unspecified atom stereocenters. The molecule has 3 aromatic rings. The fraction of sp³-hybridized carbons (Fsp3) is 0.350. The maximum absolute atomic E-state index is 5.91. The molecule has 0 spiro atoms. The first-order chi connectivity index (χ1) is 12.8. The van der Waals surface area contributed by atoms with Crippen LogP contribution >= 0.6 is 0 Å². The van der Waals surface area contributed by atoms with Crippen LogP contribution in [0.1, 0.15) is 30.2 Å². The zero-order chi connectivity index (χ0) is 17.8. The predicted molar refractivity (Wildman–Crippen MR) is 97.8 cm³/mol. The van der Waals surface area contributed by atoms with Crippen LogP contribution in [0.2, 0.25) is 0 Å². The molecule has 1 aromatic carbocycles. The molecule has 0 N–H and O–H groups in total. The van der Waals surface area contributed by atoms with Crippen molar-refractivity contribution >= 4 is 0 Å². The van der Waals surface area contributed by atoms with E-state index in [1.807, 2.05) is 30.3 Å². The molecule has 0 aliphatic carbocycles. The van der Waals surface area contributed by atoms with Gasteiger partial charge in [0.25, 0.3) is 5.89 Å². The quantitative estimate of drug-likeness (QED) is 0.701. The van der Waals surface area contributed by atoms with Gasteiger partial charge >= 0.3 is 0 Å². The molecule has 134 valence electrons. The Hall–Kier alpha value is -2.73. The number of rotatable bonds is 5. The Balaban J connectivity index is 1.42. The third-order valence-corrected chi connectivity index (χ3v) is 4.74. The fourth-order valence-corrected chi connectivity index (χ4v) is 3.38. The Kier molecular flexibility index (Phi) is 4.93. The first-order valence-corrected chi connectivity index (χ1v) is 8.92. The third kappa shape index (κ3) is 3.75. The molecule has 0 radical (unpaired) electrons. The van der Waals surface area contributed by atoms with Crippen LogP contribution in [-0.4, -0.2) is 40.3 Å². The number of nitrogens with zero attached hydrogens (tertiary/aromatic N) is 4. The van der Waals surface area contributed by atoms with E-state index in [1.54, 1.807) is 13.3 Å². The molecule has 2 aromatic heterocycles. The van der Waals surface area contributed by atoms with Gasteiger partial charge in [0.15, 0.2) is 0 Å². The van der Waals surface area contributed by atoms with E-state index < -0.39 is 0 Å². The van der Waals surface area contributed by atoms with Crippen LogP contribution in [0.15, 0.2) is 53.1 Å². The molecule has 1 fully saturated rings. The normalized spacial score (nSPS) is 18.0. The second kappa shape index (κ2) is 7.66. The molecule has 1 aliphatic heterocycles. The monoisotopic (exact) mass is 350 g/mol. The molecule has 0 saturated carbocycles. The van der Waals surface area contributed by atoms with Gasteiger partial charge in [-0.15, -0.1) is 10.2 Å². The van der Waals surface area contributed by atoms with E-state index in [1.165, 1.54) is 5.56 Å². The van der Waals surface area contributed by atoms with Crippen molar-refractivity contribution in [3.8, 4) is 17.3 Å². The van der Waals surface area contributed by atoms with E-state index in [4.69, 9.17) is 9.15 Å². The van der Waals surface area contributed by atoms with E-state index in [2.05, 4.69) is 32.2 Å². The number of piperidine rings is 1. The standard InChI is InChI=1S/C20H22N4O2/c1-25-17-9-7-15(8-10-17)13-24-12-4-5-16(14-24)19-22-23-20(26-19)18-6-2-3-11-21-18/h2-3,6-11,16H,4-5,12-14H2,1H3/t16-/m1/s1. The van der Waals surface area contributed by atoms with Crippen LogP contribution < -0.4 is 4.74 Å². The third-order valence-electron chi connectivity index (χ3n) is 4.74. The second-order valence-electron chi connectivity index (χ2n) is 6.58. The highest BCUT2D eigenvalue weighted by Crippen LogP contribution is 2.28. The van der Waals surface area contributed by atoms with E-state index >= 15 is 0 Å². The summed E-state index contributed by atoms with van der Waals surface area (Å²) in [7, 11) is 1.69. The molecule has 6 heteroatoms. The van der Waals surface area contributed by atoms with Gasteiger partial charge < -0.3 is 9.15 Å². The van der Waals surface area contributed by atoms with Crippen LogP contribution in [0.5, 0.6) is 5.75 Å². The van der Waals surface area contributed by atoms with Gasteiger partial charge in [-0.3, -0.25) is 9.88 Å². The van der Waals surface area contributed by atoms with E-state index in [-0.39, 0.29) is 5.92 Å². The summed E-state index contributed by atoms with van der Waals surface area (Å²) < 4.78 is 11.1. The van der Waals surface area contributed by atoms with E-state index in [0.29, 0.717) is 11.8 Å². The lowest BCUT2D eigenvalue weighted by atomic mass is 9.97. The van der Waals surface area contributed by atoms with Gasteiger partial charge in [-0.25, -0.2) is 0 Å². The predicted octanol–water partition coefficient (Wildman–Crippen LogP) is 3.52. The molecule has 3 heterocycles. The van der Waals surface area contributed by atoms with Gasteiger partial charge in [0.2, 0.25) is 5.89 Å². The lowest BCUT2D eigenvalue weighted by Gasteiger charge is -2.31. The molecule has 1 atom stereocenters. The minimum Gasteiger partial charge on any atom is -0.497 e. The van der Waals surface area contributed by atoms with E-state index in [9.17, 15) is 0 Å². The van der Waals surface area contributed by atoms with Crippen molar-refractivity contribution in [2.24, 2.45) is 0 Å². The van der Waals surface area contributed by atoms with Crippen LogP contribution in [0.25, 0.3) is 11.6 Å². The summed E-state index contributed by atoms with van der Waals surface area (Å²) in [6.45, 7) is 2.93. The number of hydrogen-bond donors (Lipinski definition) is 0. The minimum atomic E-state index is 0.270. The Morgan fingerprint density at radius 2 is 2.04 bits per heavy atom. The topological polar surface area (TPSA) is 64.3 Å². The average molecular weight is 350 g/mol. The number of methoxy groups -OCH3 is 1. The van der Waals surface area contributed by atoms with Crippen molar-refractivity contribution in [1.29, 1.82) is 0 Å². The van der Waals surface area contributed by atoms with Gasteiger partial charge in [0.1, 0.15) is 11.4 Å². The molecule has 0 bridgehead atoms. The number of pyridine rings is 1. The molecule has 26 heavy (non-hydrogen) atoms. The van der Waals surface area contributed by atoms with Gasteiger partial charge in [-0.2, -0.15) is 0 Å². The SMILES string of the molecule is COc1ccc(CN2CCC[C@@H](c3nnc(-c4ccccn4)o3)C2)cc1. The van der Waals surface area contributed by atoms with Crippen LogP contribution in [0.4, 0.5) is 0 Å². The molecule has 4 rings (SSSR count). The van der Waals surface area contributed by atoms with Crippen molar-refractivity contribution in [1.82, 2.24) is 20.1 Å². The Morgan fingerprint density at radius 1 is 1.15 bits per heavy atom. The van der Waals surface area contributed by atoms with Crippen molar-refractivity contribution in [3.05, 3.63) is 60.1 Å². The summed E-state index contributed by atoms with van der Waals surface area (Å²) in [4.78, 5) is 6.72. The summed E-state index contributed by atoms with van der Waals surface area (Å²) in [5.74, 6) is 2.36. The van der Waals surface area contributed by atoms with Gasteiger partial charge in [-0.1, -0.05) is 18.2 Å². The van der Waals surface area contributed by atoms with Gasteiger partial charge in [0, 0.05) is 19.3 Å². The summed E-state index contributed by atoms with van der Waals surface area (Å²) in [6.07, 6.45) is 3.93. The zero-order valence-electron chi connectivity index (χ0n) is 14.8. The Bertz CT molecular complexity index is 833. The lowest BCUT2D eigenvalue weighted by molar-refractivity contribution is 0.186. The molecule has 0 amide bonds. The smallest absolute Gasteiger partial charge is 0.266 e. The van der Waals surface area contributed by atoms with Crippen LogP contribution in [0, 0.1) is 0 Å². The van der Waals surface area contributed by atoms with E-state index in [0.717, 1.165) is 43.9 Å². The number of hydrogen-bond acceptors (Lipinski definition) is 6. The summed E-state index contributed by atoms with van der Waals surface area (Å²) in [5, 5.41) is 8.46. The molecule has 1 aliphatic rings. The maximum Gasteiger partial charge on any atom is 0.266 e. The maximum atomic E-state index is 5.91. The largest absolute Gasteiger partial charge is 0.497 e. The average Bonchev–Trinajstić information content (AvgIpc) is 3.20. The van der Waals surface area contributed by atoms with Crippen LogP contribution in [-0.2, 0) is 6.54 Å². The first-order valence-electron chi connectivity index (χ1n) is 8.92. The highest BCUT2D eigenvalue weighted by Gasteiger charge is 2.26. The molecule has 6 nitrogen and oxygen atoms in total. The highest BCUT2D eigenvalue weighted by atomic mass is 16.5. The summed E-state index contributed by atoms with van der Waals surface area (Å²) in [6, 6.07) is 13.9. The number of ether oxygens (including phenoxy) is 1. The Morgan fingerprint density at radius 3 is 2.81 bits per heavy atom. The summed E-state index contributed by atoms with van der Waals surface area (Å²) >= 11 is 0. The minimum absolute atomic E-state index is 0.270. The summed E-state index contributed by atoms with van der Waals surface area (Å²) in [5.41, 5.74) is 2.00. The van der Waals surface area contributed by atoms with Crippen molar-refractivity contribution in [2.75, 3.05) is 20.2 Å². The Labute approximate surface area is 152 Å². The van der Waals surface area contributed by atoms with Crippen molar-refractivity contribution in [3.63, 3.8) is 0 Å². The first kappa shape index (κ1) is 16.7. The zero-order valence-corrected chi connectivity index (χ0v) is 14.8. The van der Waals surface area contributed by atoms with Gasteiger partial charge in [0.05, 0.1) is 13.0 Å². The molecular weight excluding hydrogens is 328 g/mol. The lowest BCUT2D eigenvalue weighted by Crippen LogP contribution is -2.34. The van der Waals surface area contributed by atoms with Crippen LogP contribution in [0.3, 0.4) is 0 Å². The fourth-order valence-electron chi connectivity index (χ4n) is 3.38. The van der Waals surface area contributed by atoms with Crippen molar-refractivity contribution in [2.45, 2.75) is 25.3 Å². The highest BCUT2D eigenvalue weighted by molar-refractivity contribution is 5.45.